The van der Waals surface area contributed by atoms with Gasteiger partial charge in [0, 0.05) is 6.54 Å². The number of para-hydroxylation sites is 1. The van der Waals surface area contributed by atoms with Crippen LogP contribution < -0.4 is 15.8 Å². The maximum atomic E-state index is 12.7. The van der Waals surface area contributed by atoms with Crippen molar-refractivity contribution in [2.45, 2.75) is 25.5 Å². The van der Waals surface area contributed by atoms with Gasteiger partial charge in [-0.25, -0.2) is 4.79 Å². The monoisotopic (exact) mass is 499 g/mol. The average molecular weight is 500 g/mol. The molecule has 0 aliphatic heterocycles. The van der Waals surface area contributed by atoms with E-state index in [2.05, 4.69) is 22.1 Å². The normalized spacial score (nSPS) is 10.6. The predicted octanol–water partition coefficient (Wildman–Crippen LogP) is 3.05. The summed E-state index contributed by atoms with van der Waals surface area (Å²) >= 11 is 1.12. The molecule has 0 aliphatic carbocycles. The molecule has 2 heterocycles. The molecule has 12 heteroatoms. The topological polar surface area (TPSA) is 152 Å². The second-order valence-corrected chi connectivity index (χ2v) is 8.01. The number of carbonyl (C=O) groups is 3. The van der Waals surface area contributed by atoms with Gasteiger partial charge in [0.05, 0.1) is 25.0 Å². The summed E-state index contributed by atoms with van der Waals surface area (Å²) in [5.41, 5.74) is 5.81. The second-order valence-electron chi connectivity index (χ2n) is 7.06. The van der Waals surface area contributed by atoms with E-state index in [-0.39, 0.29) is 35.1 Å². The number of hydrogen-bond acceptors (Lipinski definition) is 9. The van der Waals surface area contributed by atoms with Gasteiger partial charge in [0.25, 0.3) is 5.91 Å². The van der Waals surface area contributed by atoms with E-state index in [1.54, 1.807) is 24.7 Å². The number of rotatable bonds is 11. The third kappa shape index (κ3) is 5.54. The van der Waals surface area contributed by atoms with Crippen LogP contribution in [0.15, 0.2) is 46.5 Å². The number of primary amides is 1. The number of anilines is 1. The molecule has 3 rings (SSSR count). The Bertz CT molecular complexity index is 1270. The summed E-state index contributed by atoms with van der Waals surface area (Å²) in [6, 6.07) is 7.38. The van der Waals surface area contributed by atoms with Gasteiger partial charge in [-0.1, -0.05) is 30.0 Å². The number of ether oxygens (including phenoxy) is 2. The minimum Gasteiger partial charge on any atom is -0.496 e. The van der Waals surface area contributed by atoms with Crippen molar-refractivity contribution in [1.29, 1.82) is 0 Å². The number of nitrogens with zero attached hydrogens (tertiary/aromatic N) is 3. The van der Waals surface area contributed by atoms with Crippen molar-refractivity contribution in [1.82, 2.24) is 14.8 Å². The first kappa shape index (κ1) is 25.6. The van der Waals surface area contributed by atoms with Crippen LogP contribution in [0, 0.1) is 6.92 Å². The van der Waals surface area contributed by atoms with E-state index >= 15 is 0 Å². The number of nitrogens with two attached hydrogens (primary N) is 1. The lowest BCUT2D eigenvalue weighted by Crippen LogP contribution is -2.21. The molecule has 0 radical (unpaired) electrons. The number of esters is 1. The molecule has 35 heavy (non-hydrogen) atoms. The van der Waals surface area contributed by atoms with E-state index in [1.807, 2.05) is 24.3 Å². The van der Waals surface area contributed by atoms with Crippen molar-refractivity contribution in [3.05, 3.63) is 53.8 Å². The minimum atomic E-state index is -0.931. The van der Waals surface area contributed by atoms with E-state index in [4.69, 9.17) is 19.6 Å². The van der Waals surface area contributed by atoms with Crippen LogP contribution in [0.3, 0.4) is 0 Å². The Balaban J connectivity index is 1.80. The van der Waals surface area contributed by atoms with Crippen molar-refractivity contribution >= 4 is 35.4 Å². The zero-order chi connectivity index (χ0) is 25.5. The van der Waals surface area contributed by atoms with Gasteiger partial charge >= 0.3 is 5.97 Å². The summed E-state index contributed by atoms with van der Waals surface area (Å²) in [6.07, 6.45) is 1.69. The smallest absolute Gasteiger partial charge is 0.342 e. The molecule has 1 aromatic carbocycles. The van der Waals surface area contributed by atoms with Gasteiger partial charge in [0.1, 0.15) is 22.6 Å². The second kappa shape index (κ2) is 11.4. The number of aromatic nitrogens is 3. The largest absolute Gasteiger partial charge is 0.496 e. The molecule has 0 saturated carbocycles. The van der Waals surface area contributed by atoms with Crippen molar-refractivity contribution in [2.75, 3.05) is 24.8 Å². The number of benzene rings is 1. The molecule has 3 N–H and O–H groups in total. The summed E-state index contributed by atoms with van der Waals surface area (Å²) in [6.45, 7) is 7.38. The summed E-state index contributed by atoms with van der Waals surface area (Å²) in [5.74, 6) is -1.22. The number of methoxy groups -OCH3 is 1. The summed E-state index contributed by atoms with van der Waals surface area (Å²) in [4.78, 5) is 36.9. The fourth-order valence-electron chi connectivity index (χ4n) is 3.33. The molecule has 3 aromatic rings. The molecule has 2 aromatic heterocycles. The molecule has 0 atom stereocenters. The number of carbonyl (C=O) groups excluding carboxylic acids is 3. The fourth-order valence-corrected chi connectivity index (χ4v) is 4.08. The Morgan fingerprint density at radius 2 is 2.00 bits per heavy atom. The third-order valence-corrected chi connectivity index (χ3v) is 5.74. The Hall–Kier alpha value is -4.06. The lowest BCUT2D eigenvalue weighted by molar-refractivity contribution is -0.113. The standard InChI is InChI=1S/C23H25N5O6S/c1-5-11-28-20(14-9-7-8-10-15(14)32-4)26-27-23(28)35-12-16(29)25-21-18(19(24)30)17(13(3)34-21)22(31)33-6-2/h5,7-10H,1,6,11-12H2,2-4H3,(H2,24,30)(H,25,29). The van der Waals surface area contributed by atoms with Crippen LogP contribution in [0.1, 0.15) is 33.4 Å². The highest BCUT2D eigenvalue weighted by atomic mass is 32.2. The highest BCUT2D eigenvalue weighted by molar-refractivity contribution is 7.99. The van der Waals surface area contributed by atoms with E-state index < -0.39 is 17.8 Å². The Kier molecular flexibility index (Phi) is 8.31. The number of hydrogen-bond donors (Lipinski definition) is 2. The van der Waals surface area contributed by atoms with Gasteiger partial charge < -0.3 is 19.6 Å². The van der Waals surface area contributed by atoms with Crippen molar-refractivity contribution in [2.24, 2.45) is 5.73 Å². The number of allylic oxidation sites excluding steroid dienone is 1. The van der Waals surface area contributed by atoms with Crippen LogP contribution in [-0.2, 0) is 16.1 Å². The summed E-state index contributed by atoms with van der Waals surface area (Å²) in [7, 11) is 1.57. The van der Waals surface area contributed by atoms with E-state index in [1.165, 1.54) is 6.92 Å². The minimum absolute atomic E-state index is 0.0894. The van der Waals surface area contributed by atoms with Gasteiger partial charge in [-0.3, -0.25) is 19.5 Å². The zero-order valence-electron chi connectivity index (χ0n) is 19.5. The molecule has 0 unspecified atom stereocenters. The van der Waals surface area contributed by atoms with E-state index in [0.29, 0.717) is 23.3 Å². The van der Waals surface area contributed by atoms with Crippen LogP contribution >= 0.6 is 11.8 Å². The Labute approximate surface area is 205 Å². The van der Waals surface area contributed by atoms with Gasteiger partial charge in [0.15, 0.2) is 11.0 Å². The van der Waals surface area contributed by atoms with E-state index in [0.717, 1.165) is 17.3 Å². The highest BCUT2D eigenvalue weighted by Gasteiger charge is 2.29. The first-order chi connectivity index (χ1) is 16.8. The fraction of sp³-hybridized carbons (Fsp3) is 0.261. The molecular weight excluding hydrogens is 474 g/mol. The van der Waals surface area contributed by atoms with Gasteiger partial charge in [-0.2, -0.15) is 0 Å². The molecule has 0 fully saturated rings. The van der Waals surface area contributed by atoms with Crippen molar-refractivity contribution < 1.29 is 28.3 Å². The SMILES string of the molecule is C=CCn1c(SCC(=O)Nc2oc(C)c(C(=O)OCC)c2C(N)=O)nnc1-c1ccccc1OC. The van der Waals surface area contributed by atoms with Crippen LogP contribution in [0.5, 0.6) is 5.75 Å². The van der Waals surface area contributed by atoms with Crippen LogP contribution in [0.2, 0.25) is 0 Å². The lowest BCUT2D eigenvalue weighted by atomic mass is 10.1. The molecule has 0 aliphatic rings. The number of aryl methyl sites for hydroxylation is 1. The van der Waals surface area contributed by atoms with E-state index in [9.17, 15) is 14.4 Å². The summed E-state index contributed by atoms with van der Waals surface area (Å²) in [5, 5.41) is 11.4. The van der Waals surface area contributed by atoms with Gasteiger partial charge in [-0.15, -0.1) is 16.8 Å². The molecular formula is C23H25N5O6S. The molecule has 0 bridgehead atoms. The quantitative estimate of drug-likeness (QED) is 0.230. The first-order valence-electron chi connectivity index (χ1n) is 10.5. The Morgan fingerprint density at radius 1 is 1.26 bits per heavy atom. The molecule has 2 amide bonds. The van der Waals surface area contributed by atoms with Gasteiger partial charge in [-0.05, 0) is 26.0 Å². The van der Waals surface area contributed by atoms with Crippen LogP contribution in [-0.4, -0.2) is 52.0 Å². The first-order valence-corrected chi connectivity index (χ1v) is 11.5. The predicted molar refractivity (Wildman–Crippen MR) is 129 cm³/mol. The third-order valence-electron chi connectivity index (χ3n) is 4.77. The number of thioether (sulfide) groups is 1. The molecule has 11 nitrogen and oxygen atoms in total. The number of nitrogens with one attached hydrogen (secondary N) is 1. The molecule has 184 valence electrons. The Morgan fingerprint density at radius 3 is 2.66 bits per heavy atom. The van der Waals surface area contributed by atoms with Crippen LogP contribution in [0.4, 0.5) is 5.88 Å². The maximum Gasteiger partial charge on any atom is 0.342 e. The van der Waals surface area contributed by atoms with Crippen molar-refractivity contribution in [3.8, 4) is 17.1 Å². The number of amides is 2. The average Bonchev–Trinajstić information content (AvgIpc) is 3.38. The van der Waals surface area contributed by atoms with Gasteiger partial charge in [0.2, 0.25) is 11.8 Å². The lowest BCUT2D eigenvalue weighted by Gasteiger charge is -2.10. The maximum absolute atomic E-state index is 12.7. The highest BCUT2D eigenvalue weighted by Crippen LogP contribution is 2.31. The van der Waals surface area contributed by atoms with Crippen molar-refractivity contribution in [3.63, 3.8) is 0 Å². The zero-order valence-corrected chi connectivity index (χ0v) is 20.3. The molecule has 0 spiro atoms. The van der Waals surface area contributed by atoms with Crippen LogP contribution in [0.25, 0.3) is 11.4 Å². The summed E-state index contributed by atoms with van der Waals surface area (Å²) < 4.78 is 17.6. The molecule has 0 saturated heterocycles. The number of furan rings is 1.